The van der Waals surface area contributed by atoms with Gasteiger partial charge < -0.3 is 16.0 Å². The Morgan fingerprint density at radius 1 is 0.929 bits per heavy atom. The Balaban J connectivity index is 0.000000748. The molecular weight excluding hydrogens is 580 g/mol. The number of rotatable bonds is 6. The van der Waals surface area contributed by atoms with Crippen LogP contribution in [-0.4, -0.2) is 57.7 Å². The molecule has 0 aliphatic carbocycles. The monoisotopic (exact) mass is 610 g/mol. The number of amides is 1. The number of hydrogen-bond acceptors (Lipinski definition) is 8. The number of H-pyrrole nitrogens is 1. The summed E-state index contributed by atoms with van der Waals surface area (Å²) < 4.78 is 53.1. The van der Waals surface area contributed by atoms with E-state index in [1.807, 2.05) is 60.7 Å². The molecule has 5 N–H and O–H groups in total. The molecule has 2 heterocycles. The van der Waals surface area contributed by atoms with E-state index in [0.717, 1.165) is 20.8 Å². The first kappa shape index (κ1) is 30.4. The predicted molar refractivity (Wildman–Crippen MR) is 164 cm³/mol. The molecule has 5 rings (SSSR count). The van der Waals surface area contributed by atoms with E-state index in [0.29, 0.717) is 40.1 Å². The number of carbonyl (C=O) groups is 1. The zero-order chi connectivity index (χ0) is 30.8. The van der Waals surface area contributed by atoms with Crippen molar-refractivity contribution in [1.82, 2.24) is 18.9 Å². The lowest BCUT2D eigenvalue weighted by Crippen LogP contribution is -2.23. The molecule has 0 atom stereocenters. The minimum atomic E-state index is -3.73. The first-order valence-electron chi connectivity index (χ1n) is 12.6. The molecule has 12 nitrogen and oxygen atoms in total. The molecule has 14 heteroatoms. The van der Waals surface area contributed by atoms with Crippen LogP contribution in [0.1, 0.15) is 20.8 Å². The maximum absolute atomic E-state index is 13.0. The molecule has 42 heavy (non-hydrogen) atoms. The van der Waals surface area contributed by atoms with E-state index in [9.17, 15) is 21.6 Å². The molecule has 220 valence electrons. The first-order chi connectivity index (χ1) is 19.6. The van der Waals surface area contributed by atoms with Crippen molar-refractivity contribution < 1.29 is 26.2 Å². The second-order valence-electron chi connectivity index (χ2n) is 9.70. The Labute approximate surface area is 243 Å². The van der Waals surface area contributed by atoms with Crippen molar-refractivity contribution in [3.63, 3.8) is 0 Å². The van der Waals surface area contributed by atoms with Gasteiger partial charge in [0.1, 0.15) is 5.82 Å². The van der Waals surface area contributed by atoms with E-state index in [1.165, 1.54) is 6.92 Å². The summed E-state index contributed by atoms with van der Waals surface area (Å²) in [5.41, 5.74) is 11.5. The van der Waals surface area contributed by atoms with Gasteiger partial charge in [-0.15, -0.1) is 0 Å². The van der Waals surface area contributed by atoms with Crippen LogP contribution >= 0.6 is 0 Å². The van der Waals surface area contributed by atoms with Crippen LogP contribution in [0, 0.1) is 0 Å². The summed E-state index contributed by atoms with van der Waals surface area (Å²) in [4.78, 5) is 24.0. The Bertz CT molecular complexity index is 1960. The van der Waals surface area contributed by atoms with Gasteiger partial charge in [-0.1, -0.05) is 36.4 Å². The SMILES string of the molecule is CC(=O)Nc1ccc(-c2nc(-c3ccc4nc(N)n(S(=O)(=O)C(C)C)c4c3)c(-c3ccccc3)[nH]2)cc1.CS(=O)(=O)O. The third-order valence-electron chi connectivity index (χ3n) is 6.01. The molecule has 0 spiro atoms. The Morgan fingerprint density at radius 3 is 2.10 bits per heavy atom. The molecular formula is C28H30N6O6S2. The molecule has 2 aromatic heterocycles. The van der Waals surface area contributed by atoms with Crippen molar-refractivity contribution >= 4 is 48.7 Å². The average Bonchev–Trinajstić information content (AvgIpc) is 3.49. The minimum absolute atomic E-state index is 0.0777. The van der Waals surface area contributed by atoms with Gasteiger partial charge in [-0.3, -0.25) is 9.35 Å². The summed E-state index contributed by atoms with van der Waals surface area (Å²) in [6.07, 6.45) is 0.715. The number of nitrogens with two attached hydrogens (primary N) is 1. The van der Waals surface area contributed by atoms with Crippen LogP contribution in [0.2, 0.25) is 0 Å². The zero-order valence-electron chi connectivity index (χ0n) is 23.2. The number of fused-ring (bicyclic) bond motifs is 1. The van der Waals surface area contributed by atoms with Crippen molar-refractivity contribution in [3.05, 3.63) is 72.8 Å². The molecule has 1 amide bonds. The van der Waals surface area contributed by atoms with Crippen molar-refractivity contribution in [2.45, 2.75) is 26.0 Å². The second kappa shape index (κ2) is 11.8. The van der Waals surface area contributed by atoms with Crippen molar-refractivity contribution in [2.24, 2.45) is 0 Å². The first-order valence-corrected chi connectivity index (χ1v) is 16.0. The van der Waals surface area contributed by atoms with Crippen molar-refractivity contribution in [3.8, 4) is 33.9 Å². The van der Waals surface area contributed by atoms with Crippen LogP contribution in [0.3, 0.4) is 0 Å². The maximum Gasteiger partial charge on any atom is 0.261 e. The van der Waals surface area contributed by atoms with E-state index in [4.69, 9.17) is 15.3 Å². The molecule has 0 saturated heterocycles. The fourth-order valence-electron chi connectivity index (χ4n) is 4.15. The quantitative estimate of drug-likeness (QED) is 0.202. The van der Waals surface area contributed by atoms with Crippen molar-refractivity contribution in [1.29, 1.82) is 0 Å². The molecule has 3 aromatic carbocycles. The van der Waals surface area contributed by atoms with Gasteiger partial charge in [0.15, 0.2) is 0 Å². The predicted octanol–water partition coefficient (Wildman–Crippen LogP) is 4.39. The van der Waals surface area contributed by atoms with Gasteiger partial charge in [0.05, 0.1) is 33.9 Å². The highest BCUT2D eigenvalue weighted by Crippen LogP contribution is 2.35. The maximum atomic E-state index is 13.0. The summed E-state index contributed by atoms with van der Waals surface area (Å²) in [5.74, 6) is 0.409. The fourth-order valence-corrected chi connectivity index (χ4v) is 5.29. The normalized spacial score (nSPS) is 11.8. The smallest absolute Gasteiger partial charge is 0.261 e. The van der Waals surface area contributed by atoms with Gasteiger partial charge in [-0.05, 0) is 50.2 Å². The number of nitrogens with zero attached hydrogens (tertiary/aromatic N) is 3. The number of benzene rings is 3. The molecule has 0 saturated carbocycles. The van der Waals surface area contributed by atoms with Crippen molar-refractivity contribution in [2.75, 3.05) is 17.3 Å². The lowest BCUT2D eigenvalue weighted by atomic mass is 10.0. The Hall–Kier alpha value is -4.53. The van der Waals surface area contributed by atoms with Gasteiger partial charge in [-0.2, -0.15) is 8.42 Å². The van der Waals surface area contributed by atoms with Gasteiger partial charge in [-0.25, -0.2) is 22.4 Å². The average molecular weight is 611 g/mol. The number of nitrogen functional groups attached to an aromatic ring is 1. The van der Waals surface area contributed by atoms with Crippen LogP contribution < -0.4 is 11.1 Å². The Morgan fingerprint density at radius 2 is 1.52 bits per heavy atom. The fraction of sp³-hybridized carbons (Fsp3) is 0.179. The molecule has 5 aromatic rings. The van der Waals surface area contributed by atoms with Crippen LogP contribution in [0.5, 0.6) is 0 Å². The number of anilines is 2. The van der Waals surface area contributed by atoms with Crippen LogP contribution in [-0.2, 0) is 24.9 Å². The number of hydrogen-bond donors (Lipinski definition) is 4. The molecule has 0 aliphatic rings. The number of aromatic nitrogens is 4. The molecule has 0 radical (unpaired) electrons. The minimum Gasteiger partial charge on any atom is -0.368 e. The largest absolute Gasteiger partial charge is 0.368 e. The molecule has 0 bridgehead atoms. The number of carbonyl (C=O) groups excluding carboxylic acids is 1. The standard InChI is InChI=1S/C27H26N6O3S.CH4O3S/c1-16(2)37(35,36)33-23-15-20(11-14-22(23)30-27(33)28)25-24(18-7-5-4-6-8-18)31-26(32-25)19-9-12-21(13-10-19)29-17(3)34;1-5(2,3)4/h4-16H,1-3H3,(H2,28,30)(H,29,34)(H,31,32);1H3,(H,2,3,4). The summed E-state index contributed by atoms with van der Waals surface area (Å²) >= 11 is 0. The second-order valence-corrected chi connectivity index (χ2v) is 13.5. The molecule has 0 fully saturated rings. The summed E-state index contributed by atoms with van der Waals surface area (Å²) in [6, 6.07) is 22.5. The third-order valence-corrected chi connectivity index (χ3v) is 8.09. The van der Waals surface area contributed by atoms with E-state index in [-0.39, 0.29) is 11.9 Å². The van der Waals surface area contributed by atoms with E-state index in [1.54, 1.807) is 26.0 Å². The highest BCUT2D eigenvalue weighted by molar-refractivity contribution is 7.90. The van der Waals surface area contributed by atoms with Gasteiger partial charge in [0.2, 0.25) is 21.9 Å². The van der Waals surface area contributed by atoms with E-state index in [2.05, 4.69) is 15.3 Å². The zero-order valence-corrected chi connectivity index (χ0v) is 24.9. The van der Waals surface area contributed by atoms with E-state index < -0.39 is 25.4 Å². The van der Waals surface area contributed by atoms with E-state index >= 15 is 0 Å². The summed E-state index contributed by atoms with van der Waals surface area (Å²) in [7, 11) is -7.40. The lowest BCUT2D eigenvalue weighted by Gasteiger charge is -2.11. The van der Waals surface area contributed by atoms with Crippen LogP contribution in [0.15, 0.2) is 72.8 Å². The van der Waals surface area contributed by atoms with Gasteiger partial charge in [0.25, 0.3) is 10.1 Å². The van der Waals surface area contributed by atoms with Crippen LogP contribution in [0.4, 0.5) is 11.6 Å². The van der Waals surface area contributed by atoms with Crippen LogP contribution in [0.25, 0.3) is 44.9 Å². The molecule has 0 aliphatic heterocycles. The highest BCUT2D eigenvalue weighted by Gasteiger charge is 2.25. The Kier molecular flexibility index (Phi) is 8.52. The third kappa shape index (κ3) is 6.84. The van der Waals surface area contributed by atoms with Gasteiger partial charge >= 0.3 is 0 Å². The molecule has 0 unspecified atom stereocenters. The number of nitrogens with one attached hydrogen (secondary N) is 2. The highest BCUT2D eigenvalue weighted by atomic mass is 32.2. The summed E-state index contributed by atoms with van der Waals surface area (Å²) in [6.45, 7) is 4.67. The topological polar surface area (TPSA) is 190 Å². The lowest BCUT2D eigenvalue weighted by molar-refractivity contribution is -0.114. The summed E-state index contributed by atoms with van der Waals surface area (Å²) in [5, 5.41) is 2.09. The van der Waals surface area contributed by atoms with Gasteiger partial charge in [0, 0.05) is 29.3 Å². The number of aromatic amines is 1. The number of imidazole rings is 2.